The molecule has 0 radical (unpaired) electrons. The van der Waals surface area contributed by atoms with Crippen LogP contribution < -0.4 is 21.6 Å². The van der Waals surface area contributed by atoms with Crippen molar-refractivity contribution in [1.82, 2.24) is 25.9 Å². The van der Waals surface area contributed by atoms with Crippen LogP contribution in [0.5, 0.6) is 0 Å². The molecular weight excluding hydrogens is 517 g/mol. The van der Waals surface area contributed by atoms with E-state index in [1.165, 1.54) is 23.5 Å². The predicted octanol–water partition coefficient (Wildman–Crippen LogP) is 5.64. The number of aryl methyl sites for hydroxylation is 1. The van der Waals surface area contributed by atoms with Gasteiger partial charge in [-0.3, -0.25) is 9.99 Å². The molecule has 1 aromatic carbocycles. The molecule has 12 heteroatoms. The summed E-state index contributed by atoms with van der Waals surface area (Å²) < 4.78 is 39.7. The Labute approximate surface area is 223 Å². The van der Waals surface area contributed by atoms with Crippen LogP contribution in [0, 0.1) is 29.6 Å². The molecule has 1 aliphatic heterocycles. The van der Waals surface area contributed by atoms with E-state index in [0.717, 1.165) is 0 Å². The number of hydrazine groups is 2. The minimum atomic E-state index is -2.55. The molecule has 0 bridgehead atoms. The van der Waals surface area contributed by atoms with Crippen molar-refractivity contribution in [3.05, 3.63) is 70.2 Å². The molecule has 4 rings (SSSR count). The summed E-state index contributed by atoms with van der Waals surface area (Å²) in [6, 6.07) is 7.88. The first-order valence-electron chi connectivity index (χ1n) is 11.9. The highest BCUT2D eigenvalue weighted by Gasteiger charge is 2.26. The van der Waals surface area contributed by atoms with Gasteiger partial charge >= 0.3 is 0 Å². The third kappa shape index (κ3) is 6.20. The van der Waals surface area contributed by atoms with E-state index in [4.69, 9.17) is 11.6 Å². The number of fused-ring (bicyclic) bond motifs is 1. The topological polar surface area (TPSA) is 101 Å². The Kier molecular flexibility index (Phi) is 7.85. The molecule has 38 heavy (non-hydrogen) atoms. The maximum atomic E-state index is 13.8. The van der Waals surface area contributed by atoms with Gasteiger partial charge in [0.05, 0.1) is 40.1 Å². The largest absolute Gasteiger partial charge is 0.383 e. The van der Waals surface area contributed by atoms with Gasteiger partial charge in [0, 0.05) is 41.3 Å². The van der Waals surface area contributed by atoms with Crippen LogP contribution in [0.2, 0.25) is 5.02 Å². The summed E-state index contributed by atoms with van der Waals surface area (Å²) in [6.45, 7) is 7.96. The summed E-state index contributed by atoms with van der Waals surface area (Å²) in [5.41, 5.74) is 9.17. The highest BCUT2D eigenvalue weighted by Crippen LogP contribution is 2.36. The molecule has 8 nitrogen and oxygen atoms in total. The zero-order valence-electron chi connectivity index (χ0n) is 21.3. The van der Waals surface area contributed by atoms with Gasteiger partial charge in [0.25, 0.3) is 6.43 Å². The van der Waals surface area contributed by atoms with E-state index in [1.807, 2.05) is 6.07 Å². The molecule has 1 aliphatic rings. The van der Waals surface area contributed by atoms with Crippen molar-refractivity contribution in [3.8, 4) is 6.07 Å². The Morgan fingerprint density at radius 3 is 2.66 bits per heavy atom. The van der Waals surface area contributed by atoms with E-state index >= 15 is 0 Å². The fourth-order valence-electron chi connectivity index (χ4n) is 4.07. The lowest BCUT2D eigenvalue weighted by atomic mass is 9.96. The van der Waals surface area contributed by atoms with Crippen LogP contribution >= 0.6 is 11.6 Å². The molecule has 1 atom stereocenters. The van der Waals surface area contributed by atoms with E-state index in [2.05, 4.69) is 58.4 Å². The zero-order chi connectivity index (χ0) is 27.6. The first kappa shape index (κ1) is 27.3. The van der Waals surface area contributed by atoms with Crippen LogP contribution in [-0.4, -0.2) is 34.5 Å². The number of nitrogens with one attached hydrogen (secondary N) is 4. The van der Waals surface area contributed by atoms with Gasteiger partial charge < -0.3 is 16.1 Å². The molecule has 0 amide bonds. The maximum Gasteiger partial charge on any atom is 0.257 e. The van der Waals surface area contributed by atoms with E-state index in [1.54, 1.807) is 19.1 Å². The Morgan fingerprint density at radius 2 is 2.00 bits per heavy atom. The maximum absolute atomic E-state index is 13.8. The summed E-state index contributed by atoms with van der Waals surface area (Å²) in [5.74, 6) is -0.630. The van der Waals surface area contributed by atoms with Crippen LogP contribution in [-0.2, 0) is 0 Å². The van der Waals surface area contributed by atoms with Crippen molar-refractivity contribution in [1.29, 1.82) is 5.26 Å². The number of anilines is 2. The number of hydrogen-bond donors (Lipinski definition) is 4. The predicted molar refractivity (Wildman–Crippen MR) is 142 cm³/mol. The van der Waals surface area contributed by atoms with Gasteiger partial charge in [-0.05, 0) is 30.5 Å². The zero-order valence-corrected chi connectivity index (χ0v) is 22.1. The van der Waals surface area contributed by atoms with Crippen molar-refractivity contribution in [2.24, 2.45) is 5.41 Å². The van der Waals surface area contributed by atoms with Gasteiger partial charge in [-0.2, -0.15) is 9.65 Å². The van der Waals surface area contributed by atoms with Gasteiger partial charge in [-0.15, -0.1) is 5.53 Å². The lowest BCUT2D eigenvalue weighted by Gasteiger charge is -2.24. The first-order valence-corrected chi connectivity index (χ1v) is 12.3. The monoisotopic (exact) mass is 544 g/mol. The average molecular weight is 545 g/mol. The highest BCUT2D eigenvalue weighted by molar-refractivity contribution is 6.35. The van der Waals surface area contributed by atoms with Gasteiger partial charge in [0.15, 0.2) is 0 Å². The van der Waals surface area contributed by atoms with Crippen molar-refractivity contribution in [2.45, 2.75) is 40.2 Å². The lowest BCUT2D eigenvalue weighted by Crippen LogP contribution is -2.39. The molecule has 0 fully saturated rings. The second-order valence-corrected chi connectivity index (χ2v) is 10.6. The van der Waals surface area contributed by atoms with Gasteiger partial charge in [-0.25, -0.2) is 13.8 Å². The third-order valence-electron chi connectivity index (χ3n) is 5.84. The van der Waals surface area contributed by atoms with Gasteiger partial charge in [0.2, 0.25) is 5.95 Å². The smallest absolute Gasteiger partial charge is 0.257 e. The number of hydrogen-bond acceptors (Lipinski definition) is 8. The molecule has 200 valence electrons. The van der Waals surface area contributed by atoms with Crippen LogP contribution in [0.25, 0.3) is 10.9 Å². The normalized spacial score (nSPS) is 14.3. The number of rotatable bonds is 8. The molecular formula is C26H28ClF3N8. The average Bonchev–Trinajstić information content (AvgIpc) is 3.28. The Hall–Kier alpha value is -3.75. The molecule has 0 aliphatic carbocycles. The quantitative estimate of drug-likeness (QED) is 0.270. The number of halogens is 4. The van der Waals surface area contributed by atoms with Crippen molar-refractivity contribution < 1.29 is 13.2 Å². The van der Waals surface area contributed by atoms with E-state index in [0.29, 0.717) is 56.4 Å². The summed E-state index contributed by atoms with van der Waals surface area (Å²) >= 11 is 6.63. The fourth-order valence-corrected chi connectivity index (χ4v) is 4.34. The lowest BCUT2D eigenvalue weighted by molar-refractivity contribution is 0.0889. The molecule has 0 unspecified atom stereocenters. The molecule has 2 aromatic heterocycles. The third-order valence-corrected chi connectivity index (χ3v) is 6.13. The molecule has 0 saturated heterocycles. The first-order chi connectivity index (χ1) is 17.9. The van der Waals surface area contributed by atoms with Crippen LogP contribution in [0.15, 0.2) is 42.4 Å². The second-order valence-electron chi connectivity index (χ2n) is 10.2. The van der Waals surface area contributed by atoms with E-state index < -0.39 is 25.0 Å². The van der Waals surface area contributed by atoms with Crippen molar-refractivity contribution in [2.75, 3.05) is 23.7 Å². The Balaban J connectivity index is 1.79. The minimum Gasteiger partial charge on any atom is -0.383 e. The number of aromatic nitrogens is 2. The minimum absolute atomic E-state index is 0.0576. The fraction of sp³-hybridized carbons (Fsp3) is 0.346. The standard InChI is InChI=1S/C26H28ClF3N8/c1-14-17(5-6-22(30)34-14)25(20-11-38(37-36-20)12-21(28)29)35-16-7-18-23(33-13-26(2,3)4)15(9-31)10-32-24(18)19(27)8-16/h5-8,10-11,21,25,35-37H,12-13H2,1-4H3,(H,32,33)/t25-/m0/s1. The van der Waals surface area contributed by atoms with Crippen molar-refractivity contribution >= 4 is 33.9 Å². The number of benzene rings is 1. The highest BCUT2D eigenvalue weighted by atomic mass is 35.5. The summed E-state index contributed by atoms with van der Waals surface area (Å²) in [6.07, 6.45) is 0.445. The van der Waals surface area contributed by atoms with Gasteiger partial charge in [0.1, 0.15) is 6.07 Å². The number of nitriles is 1. The molecule has 4 N–H and O–H groups in total. The Morgan fingerprint density at radius 1 is 1.24 bits per heavy atom. The number of alkyl halides is 2. The molecule has 0 saturated carbocycles. The van der Waals surface area contributed by atoms with E-state index in [9.17, 15) is 18.4 Å². The SMILES string of the molecule is Cc1nc(F)ccc1[C@H](Nc1cc(Cl)c2ncc(C#N)c(NCC(C)(C)C)c2c1)C1=CN(CC(F)F)NN1. The molecule has 3 aromatic rings. The van der Waals surface area contributed by atoms with Crippen molar-refractivity contribution in [3.63, 3.8) is 0 Å². The molecule has 0 spiro atoms. The van der Waals surface area contributed by atoms with Crippen LogP contribution in [0.3, 0.4) is 0 Å². The molecule has 3 heterocycles. The van der Waals surface area contributed by atoms with E-state index in [-0.39, 0.29) is 5.41 Å². The summed E-state index contributed by atoms with van der Waals surface area (Å²) in [5, 5.41) is 18.7. The van der Waals surface area contributed by atoms with Crippen LogP contribution in [0.4, 0.5) is 24.5 Å². The summed E-state index contributed by atoms with van der Waals surface area (Å²) in [4.78, 5) is 8.32. The van der Waals surface area contributed by atoms with Gasteiger partial charge in [-0.1, -0.05) is 38.4 Å². The van der Waals surface area contributed by atoms with Crippen LogP contribution in [0.1, 0.15) is 43.6 Å². The number of nitrogens with zero attached hydrogens (tertiary/aromatic N) is 4. The summed E-state index contributed by atoms with van der Waals surface area (Å²) in [7, 11) is 0. The Bertz CT molecular complexity index is 1410. The number of pyridine rings is 2. The second kappa shape index (κ2) is 10.9.